The average Bonchev–Trinajstić information content (AvgIpc) is 2.73. The van der Waals surface area contributed by atoms with Crippen LogP contribution in [-0.4, -0.2) is 49.0 Å². The molecule has 0 amide bonds. The predicted molar refractivity (Wildman–Crippen MR) is 130 cm³/mol. The Labute approximate surface area is 194 Å². The van der Waals surface area contributed by atoms with Crippen LogP contribution in [0.1, 0.15) is 40.5 Å². The van der Waals surface area contributed by atoms with Gasteiger partial charge >= 0.3 is 0 Å². The van der Waals surface area contributed by atoms with Gasteiger partial charge in [-0.3, -0.25) is 4.79 Å². The van der Waals surface area contributed by atoms with E-state index in [0.717, 1.165) is 24.0 Å². The third-order valence-electron chi connectivity index (χ3n) is 6.29. The highest BCUT2D eigenvalue weighted by Gasteiger charge is 2.39. The van der Waals surface area contributed by atoms with Crippen LogP contribution in [0.5, 0.6) is 5.75 Å². The zero-order valence-electron chi connectivity index (χ0n) is 20.1. The van der Waals surface area contributed by atoms with Crippen molar-refractivity contribution in [3.63, 3.8) is 0 Å². The van der Waals surface area contributed by atoms with Gasteiger partial charge in [-0.1, -0.05) is 6.07 Å². The van der Waals surface area contributed by atoms with Crippen LogP contribution in [0, 0.1) is 0 Å². The zero-order valence-corrected chi connectivity index (χ0v) is 20.1. The molecule has 1 aliphatic heterocycles. The Bertz CT molecular complexity index is 1200. The van der Waals surface area contributed by atoms with E-state index in [1.54, 1.807) is 37.6 Å². The van der Waals surface area contributed by atoms with Crippen molar-refractivity contribution in [2.45, 2.75) is 57.7 Å². The van der Waals surface area contributed by atoms with Gasteiger partial charge in [0.25, 0.3) is 5.56 Å². The number of aromatic hydroxyl groups is 1. The second-order valence-electron chi connectivity index (χ2n) is 10.3. The normalized spacial score (nSPS) is 17.6. The van der Waals surface area contributed by atoms with Gasteiger partial charge in [-0.15, -0.1) is 10.2 Å². The summed E-state index contributed by atoms with van der Waals surface area (Å²) in [5.74, 6) is 0.626. The van der Waals surface area contributed by atoms with Gasteiger partial charge in [-0.05, 0) is 69.9 Å². The molecule has 33 heavy (non-hydrogen) atoms. The minimum Gasteiger partial charge on any atom is -0.507 e. The molecule has 3 heterocycles. The van der Waals surface area contributed by atoms with Gasteiger partial charge in [0.15, 0.2) is 0 Å². The summed E-state index contributed by atoms with van der Waals surface area (Å²) in [6.45, 7) is 8.88. The van der Waals surface area contributed by atoms with E-state index in [9.17, 15) is 9.90 Å². The molecule has 0 radical (unpaired) electrons. The fourth-order valence-corrected chi connectivity index (χ4v) is 4.92. The summed E-state index contributed by atoms with van der Waals surface area (Å²) in [5.41, 5.74) is 2.46. The first kappa shape index (κ1) is 22.9. The van der Waals surface area contributed by atoms with Gasteiger partial charge in [0.2, 0.25) is 5.95 Å². The first-order chi connectivity index (χ1) is 15.4. The lowest BCUT2D eigenvalue weighted by molar-refractivity contribution is 0.160. The molecular weight excluding hydrogens is 416 g/mol. The topological polar surface area (TPSA) is 96.2 Å². The van der Waals surface area contributed by atoms with E-state index in [4.69, 9.17) is 0 Å². The number of hydrogen-bond acceptors (Lipinski definition) is 7. The maximum absolute atomic E-state index is 11.9. The number of phenols is 1. The van der Waals surface area contributed by atoms with Crippen molar-refractivity contribution in [1.29, 1.82) is 0 Å². The van der Waals surface area contributed by atoms with Gasteiger partial charge in [0.1, 0.15) is 11.4 Å². The molecule has 8 nitrogen and oxygen atoms in total. The predicted octanol–water partition coefficient (Wildman–Crippen LogP) is 3.36. The van der Waals surface area contributed by atoms with E-state index in [-0.39, 0.29) is 28.4 Å². The van der Waals surface area contributed by atoms with Crippen LogP contribution < -0.4 is 15.8 Å². The maximum atomic E-state index is 11.9. The first-order valence-corrected chi connectivity index (χ1v) is 11.2. The second kappa shape index (κ2) is 8.26. The Hall–Kier alpha value is -3.26. The van der Waals surface area contributed by atoms with Crippen LogP contribution >= 0.6 is 0 Å². The summed E-state index contributed by atoms with van der Waals surface area (Å²) in [6.07, 6.45) is 5.30. The number of rotatable bonds is 4. The number of nitrogens with zero attached hydrogens (tertiary/aromatic N) is 5. The molecule has 0 unspecified atom stereocenters. The number of phenolic OH excluding ortho intramolecular Hbond substituents is 1. The fourth-order valence-electron chi connectivity index (χ4n) is 4.92. The van der Waals surface area contributed by atoms with E-state index < -0.39 is 0 Å². The molecule has 8 heteroatoms. The third-order valence-corrected chi connectivity index (χ3v) is 6.29. The number of anilines is 1. The Balaban J connectivity index is 1.55. The van der Waals surface area contributed by atoms with E-state index in [1.807, 2.05) is 19.2 Å². The van der Waals surface area contributed by atoms with Gasteiger partial charge in [-0.25, -0.2) is 4.98 Å². The van der Waals surface area contributed by atoms with Crippen LogP contribution in [0.15, 0.2) is 47.5 Å². The van der Waals surface area contributed by atoms with Crippen molar-refractivity contribution in [3.05, 3.63) is 53.1 Å². The minimum atomic E-state index is -0.105. The summed E-state index contributed by atoms with van der Waals surface area (Å²) in [7, 11) is 3.71. The smallest absolute Gasteiger partial charge is 0.250 e. The van der Waals surface area contributed by atoms with Gasteiger partial charge in [0.05, 0.1) is 6.20 Å². The van der Waals surface area contributed by atoms with Crippen molar-refractivity contribution >= 4 is 5.95 Å². The Morgan fingerprint density at radius 3 is 2.30 bits per heavy atom. The molecule has 1 saturated heterocycles. The SMILES string of the molecule is CN(c1ncc(-c2ccc(-c3ccn(C)c(=O)c3)cc2O)nn1)C1CC(C)(C)NC(C)(C)C1. The molecule has 1 aromatic carbocycles. The highest BCUT2D eigenvalue weighted by atomic mass is 16.3. The zero-order chi connectivity index (χ0) is 24.0. The first-order valence-electron chi connectivity index (χ1n) is 11.2. The third kappa shape index (κ3) is 4.90. The molecule has 0 saturated carbocycles. The largest absolute Gasteiger partial charge is 0.507 e. The molecule has 0 bridgehead atoms. The van der Waals surface area contributed by atoms with Crippen molar-refractivity contribution in [2.75, 3.05) is 11.9 Å². The summed E-state index contributed by atoms with van der Waals surface area (Å²) in [5, 5.41) is 23.0. The van der Waals surface area contributed by atoms with Crippen molar-refractivity contribution < 1.29 is 5.11 Å². The van der Waals surface area contributed by atoms with Gasteiger partial charge < -0.3 is 19.9 Å². The molecular formula is C25H32N6O2. The summed E-state index contributed by atoms with van der Waals surface area (Å²) in [6, 6.07) is 8.93. The molecule has 3 aromatic rings. The molecule has 2 aromatic heterocycles. The van der Waals surface area contributed by atoms with E-state index in [1.165, 1.54) is 4.57 Å². The van der Waals surface area contributed by atoms with E-state index >= 15 is 0 Å². The molecule has 2 N–H and O–H groups in total. The number of nitrogens with one attached hydrogen (secondary N) is 1. The lowest BCUT2D eigenvalue weighted by atomic mass is 9.79. The van der Waals surface area contributed by atoms with Gasteiger partial charge in [0, 0.05) is 49.0 Å². The second-order valence-corrected chi connectivity index (χ2v) is 10.3. The summed E-state index contributed by atoms with van der Waals surface area (Å²) >= 11 is 0. The highest BCUT2D eigenvalue weighted by molar-refractivity contribution is 5.73. The van der Waals surface area contributed by atoms with Crippen molar-refractivity contribution in [1.82, 2.24) is 25.1 Å². The molecule has 0 spiro atoms. The van der Waals surface area contributed by atoms with Crippen LogP contribution in [0.3, 0.4) is 0 Å². The number of pyridine rings is 1. The Morgan fingerprint density at radius 1 is 1.06 bits per heavy atom. The maximum Gasteiger partial charge on any atom is 0.250 e. The quantitative estimate of drug-likeness (QED) is 0.632. The Kier molecular flexibility index (Phi) is 5.74. The molecule has 174 valence electrons. The fraction of sp³-hybridized carbons (Fsp3) is 0.440. The van der Waals surface area contributed by atoms with E-state index in [0.29, 0.717) is 17.2 Å². The van der Waals surface area contributed by atoms with Crippen LogP contribution in [-0.2, 0) is 7.05 Å². The Morgan fingerprint density at radius 2 is 1.73 bits per heavy atom. The van der Waals surface area contributed by atoms with Crippen LogP contribution in [0.2, 0.25) is 0 Å². The lowest BCUT2D eigenvalue weighted by Crippen LogP contribution is -2.62. The van der Waals surface area contributed by atoms with Gasteiger partial charge in [-0.2, -0.15) is 0 Å². The van der Waals surface area contributed by atoms with Crippen molar-refractivity contribution in [3.8, 4) is 28.1 Å². The molecule has 1 aliphatic rings. The number of aromatic nitrogens is 4. The number of aryl methyl sites for hydroxylation is 1. The number of piperidine rings is 1. The summed E-state index contributed by atoms with van der Waals surface area (Å²) in [4.78, 5) is 18.6. The lowest BCUT2D eigenvalue weighted by Gasteiger charge is -2.48. The molecule has 0 atom stereocenters. The molecule has 4 rings (SSSR count). The van der Waals surface area contributed by atoms with Crippen molar-refractivity contribution in [2.24, 2.45) is 7.05 Å². The average molecular weight is 449 g/mol. The summed E-state index contributed by atoms with van der Waals surface area (Å²) < 4.78 is 1.50. The van der Waals surface area contributed by atoms with Crippen LogP contribution in [0.4, 0.5) is 5.95 Å². The minimum absolute atomic E-state index is 0.0184. The molecule has 0 aliphatic carbocycles. The number of hydrogen-bond donors (Lipinski definition) is 2. The van der Waals surface area contributed by atoms with E-state index in [2.05, 4.69) is 53.1 Å². The molecule has 1 fully saturated rings. The highest BCUT2D eigenvalue weighted by Crippen LogP contribution is 2.34. The van der Waals surface area contributed by atoms with Crippen LogP contribution in [0.25, 0.3) is 22.4 Å². The monoisotopic (exact) mass is 448 g/mol. The standard InChI is InChI=1S/C25H32N6O2/c1-24(2)13-18(14-25(3,4)29-24)31(6)23-26-15-20(27-28-23)19-8-7-16(11-21(19)32)17-9-10-30(5)22(33)12-17/h7-12,15,18,29,32H,13-14H2,1-6H3. The number of benzene rings is 1.